The molecule has 1 saturated carbocycles. The Kier molecular flexibility index (Phi) is 8.59. The number of aromatic nitrogens is 1. The van der Waals surface area contributed by atoms with Gasteiger partial charge in [-0.3, -0.25) is 18.9 Å². The lowest BCUT2D eigenvalue weighted by molar-refractivity contribution is -0.121. The molecule has 2 aromatic carbocycles. The molecular formula is C24H26ClFN2O5S. The lowest BCUT2D eigenvalue weighted by atomic mass is 9.73. The maximum Gasteiger partial charge on any atom is 0.394 e. The molecule has 0 saturated heterocycles. The summed E-state index contributed by atoms with van der Waals surface area (Å²) in [6.45, 7) is 2.01. The first kappa shape index (κ1) is 26.0. The molecule has 0 spiro atoms. The van der Waals surface area contributed by atoms with Crippen LogP contribution in [0.5, 0.6) is 0 Å². The third-order valence-corrected chi connectivity index (χ3v) is 6.43. The number of amides is 1. The summed E-state index contributed by atoms with van der Waals surface area (Å²) in [6.07, 6.45) is 5.78. The molecule has 34 heavy (non-hydrogen) atoms. The van der Waals surface area contributed by atoms with E-state index in [1.54, 1.807) is 24.3 Å². The van der Waals surface area contributed by atoms with Gasteiger partial charge in [-0.05, 0) is 91.6 Å². The third kappa shape index (κ3) is 7.46. The molecule has 1 aromatic heterocycles. The maximum atomic E-state index is 13.8. The number of benzene rings is 2. The number of fused-ring (bicyclic) bond motifs is 1. The van der Waals surface area contributed by atoms with Crippen molar-refractivity contribution in [3.8, 4) is 0 Å². The number of hydrogen-bond donors (Lipinski definition) is 3. The van der Waals surface area contributed by atoms with Crippen molar-refractivity contribution in [2.75, 3.05) is 5.32 Å². The highest BCUT2D eigenvalue weighted by Gasteiger charge is 2.30. The minimum atomic E-state index is -4.67. The van der Waals surface area contributed by atoms with E-state index in [-0.39, 0.29) is 17.6 Å². The topological polar surface area (TPSA) is 117 Å². The summed E-state index contributed by atoms with van der Waals surface area (Å²) in [6, 6.07) is 14.0. The number of pyridine rings is 1. The monoisotopic (exact) mass is 508 g/mol. The zero-order valence-electron chi connectivity index (χ0n) is 18.5. The van der Waals surface area contributed by atoms with Gasteiger partial charge in [-0.1, -0.05) is 18.5 Å². The standard InChI is InChI=1S/C24H24ClFN2O.H2O4S/c1-15(24(29)28-20-9-6-18(25)7-10-20)16-2-4-17(5-3-16)21-12-13-27-23-11-8-19(26)14-22(21)23;1-5(2,3)4/h6-17H,2-5H2,1H3,(H,28,29);(H2,1,2,3,4)/t15-,16?,17?;/m1./s1. The van der Waals surface area contributed by atoms with E-state index in [4.69, 9.17) is 29.1 Å². The minimum absolute atomic E-state index is 0.0483. The Hall–Kier alpha value is -2.59. The first-order valence-electron chi connectivity index (χ1n) is 10.8. The summed E-state index contributed by atoms with van der Waals surface area (Å²) in [5.41, 5.74) is 2.78. The van der Waals surface area contributed by atoms with Crippen LogP contribution in [0.2, 0.25) is 5.02 Å². The number of nitrogens with zero attached hydrogens (tertiary/aromatic N) is 1. The smallest absolute Gasteiger partial charge is 0.326 e. The number of hydrogen-bond acceptors (Lipinski definition) is 4. The van der Waals surface area contributed by atoms with Crippen LogP contribution in [-0.4, -0.2) is 28.4 Å². The average Bonchev–Trinajstić information content (AvgIpc) is 2.78. The molecule has 3 aromatic rings. The fraction of sp³-hybridized carbons (Fsp3) is 0.333. The average molecular weight is 509 g/mol. The Labute approximate surface area is 202 Å². The number of rotatable bonds is 4. The highest BCUT2D eigenvalue weighted by atomic mass is 35.5. The van der Waals surface area contributed by atoms with E-state index in [1.165, 1.54) is 11.6 Å². The summed E-state index contributed by atoms with van der Waals surface area (Å²) < 4.78 is 45.3. The first-order valence-corrected chi connectivity index (χ1v) is 12.6. The van der Waals surface area contributed by atoms with Crippen LogP contribution in [0.1, 0.15) is 44.1 Å². The molecule has 10 heteroatoms. The Bertz CT molecular complexity index is 1240. The molecular weight excluding hydrogens is 483 g/mol. The molecule has 0 unspecified atom stereocenters. The highest BCUT2D eigenvalue weighted by Crippen LogP contribution is 2.41. The molecule has 0 bridgehead atoms. The Balaban J connectivity index is 0.000000588. The molecule has 1 fully saturated rings. The van der Waals surface area contributed by atoms with Gasteiger partial charge in [0.05, 0.1) is 5.52 Å². The van der Waals surface area contributed by atoms with Crippen molar-refractivity contribution in [3.05, 3.63) is 71.1 Å². The van der Waals surface area contributed by atoms with Crippen LogP contribution in [-0.2, 0) is 15.2 Å². The van der Waals surface area contributed by atoms with E-state index in [1.807, 2.05) is 31.3 Å². The second kappa shape index (κ2) is 11.2. The molecule has 3 N–H and O–H groups in total. The third-order valence-electron chi connectivity index (χ3n) is 6.18. The van der Waals surface area contributed by atoms with Crippen molar-refractivity contribution in [3.63, 3.8) is 0 Å². The summed E-state index contributed by atoms with van der Waals surface area (Å²) in [5.74, 6) is 0.492. The van der Waals surface area contributed by atoms with Gasteiger partial charge in [-0.15, -0.1) is 0 Å². The fourth-order valence-corrected chi connectivity index (χ4v) is 4.56. The molecule has 0 radical (unpaired) electrons. The van der Waals surface area contributed by atoms with E-state index >= 15 is 0 Å². The minimum Gasteiger partial charge on any atom is -0.326 e. The normalized spacial score (nSPS) is 19.1. The van der Waals surface area contributed by atoms with Gasteiger partial charge >= 0.3 is 10.4 Å². The van der Waals surface area contributed by atoms with E-state index in [9.17, 15) is 9.18 Å². The Morgan fingerprint density at radius 1 is 1.09 bits per heavy atom. The summed E-state index contributed by atoms with van der Waals surface area (Å²) >= 11 is 5.90. The maximum absolute atomic E-state index is 13.8. The summed E-state index contributed by atoms with van der Waals surface area (Å²) in [7, 11) is -4.67. The van der Waals surface area contributed by atoms with Crippen molar-refractivity contribution in [2.24, 2.45) is 11.8 Å². The van der Waals surface area contributed by atoms with Crippen LogP contribution in [0, 0.1) is 17.7 Å². The van der Waals surface area contributed by atoms with Crippen LogP contribution >= 0.6 is 11.6 Å². The quantitative estimate of drug-likeness (QED) is 0.376. The molecule has 0 aliphatic heterocycles. The molecule has 4 rings (SSSR count). The Morgan fingerprint density at radius 2 is 1.71 bits per heavy atom. The largest absolute Gasteiger partial charge is 0.394 e. The van der Waals surface area contributed by atoms with Crippen LogP contribution in [0.25, 0.3) is 10.9 Å². The number of nitrogens with one attached hydrogen (secondary N) is 1. The predicted octanol–water partition coefficient (Wildman–Crippen LogP) is 5.92. The summed E-state index contributed by atoms with van der Waals surface area (Å²) in [5, 5.41) is 4.55. The van der Waals surface area contributed by atoms with Gasteiger partial charge < -0.3 is 5.32 Å². The zero-order valence-corrected chi connectivity index (χ0v) is 20.1. The summed E-state index contributed by atoms with van der Waals surface area (Å²) in [4.78, 5) is 17.0. The highest BCUT2D eigenvalue weighted by molar-refractivity contribution is 7.79. The Morgan fingerprint density at radius 3 is 2.32 bits per heavy atom. The number of carbonyl (C=O) groups is 1. The van der Waals surface area contributed by atoms with Gasteiger partial charge in [-0.2, -0.15) is 8.42 Å². The van der Waals surface area contributed by atoms with Gasteiger partial charge in [0, 0.05) is 28.2 Å². The van der Waals surface area contributed by atoms with Crippen molar-refractivity contribution in [1.29, 1.82) is 0 Å². The molecule has 1 heterocycles. The van der Waals surface area contributed by atoms with Crippen LogP contribution < -0.4 is 5.32 Å². The van der Waals surface area contributed by atoms with Crippen molar-refractivity contribution >= 4 is 44.5 Å². The lowest BCUT2D eigenvalue weighted by Crippen LogP contribution is -2.29. The molecule has 1 amide bonds. The molecule has 1 aliphatic carbocycles. The molecule has 1 atom stereocenters. The van der Waals surface area contributed by atoms with Crippen molar-refractivity contribution in [1.82, 2.24) is 4.98 Å². The SMILES string of the molecule is C[C@@H](C(=O)Nc1ccc(Cl)cc1)C1CCC(c2ccnc3ccc(F)cc23)CC1.O=S(=O)(O)O. The van der Waals surface area contributed by atoms with E-state index < -0.39 is 10.4 Å². The van der Waals surface area contributed by atoms with Gasteiger partial charge in [0.1, 0.15) is 5.82 Å². The van der Waals surface area contributed by atoms with Crippen LogP contribution in [0.4, 0.5) is 10.1 Å². The molecule has 182 valence electrons. The predicted molar refractivity (Wildman–Crippen MR) is 130 cm³/mol. The van der Waals surface area contributed by atoms with Crippen molar-refractivity contribution < 1.29 is 26.7 Å². The van der Waals surface area contributed by atoms with Crippen LogP contribution in [0.15, 0.2) is 54.7 Å². The van der Waals surface area contributed by atoms with Gasteiger partial charge in [0.15, 0.2) is 0 Å². The zero-order chi connectivity index (χ0) is 24.9. The van der Waals surface area contributed by atoms with E-state index in [0.717, 1.165) is 42.3 Å². The van der Waals surface area contributed by atoms with Gasteiger partial charge in [0.2, 0.25) is 5.91 Å². The van der Waals surface area contributed by atoms with E-state index in [2.05, 4.69) is 10.3 Å². The second-order valence-electron chi connectivity index (χ2n) is 8.41. The van der Waals surface area contributed by atoms with Crippen LogP contribution in [0.3, 0.4) is 0 Å². The lowest BCUT2D eigenvalue weighted by Gasteiger charge is -2.32. The van der Waals surface area contributed by atoms with Gasteiger partial charge in [-0.25, -0.2) is 4.39 Å². The number of halogens is 2. The second-order valence-corrected chi connectivity index (χ2v) is 9.74. The molecule has 1 aliphatic rings. The fourth-order valence-electron chi connectivity index (χ4n) is 4.43. The van der Waals surface area contributed by atoms with Crippen molar-refractivity contribution in [2.45, 2.75) is 38.5 Å². The number of carbonyl (C=O) groups excluding carboxylic acids is 1. The first-order chi connectivity index (χ1) is 16.0. The molecule has 7 nitrogen and oxygen atoms in total. The van der Waals surface area contributed by atoms with Gasteiger partial charge in [0.25, 0.3) is 0 Å². The van der Waals surface area contributed by atoms with E-state index in [0.29, 0.717) is 16.9 Å². The number of anilines is 1.